The minimum absolute atomic E-state index is 0.00563. The van der Waals surface area contributed by atoms with E-state index >= 15 is 0 Å². The van der Waals surface area contributed by atoms with Gasteiger partial charge in [0.15, 0.2) is 0 Å². The van der Waals surface area contributed by atoms with Gasteiger partial charge in [0.25, 0.3) is 11.8 Å². The highest BCUT2D eigenvalue weighted by atomic mass is 79.9. The van der Waals surface area contributed by atoms with Crippen molar-refractivity contribution in [3.63, 3.8) is 0 Å². The smallest absolute Gasteiger partial charge is 0.253 e. The summed E-state index contributed by atoms with van der Waals surface area (Å²) in [6.45, 7) is 5.00. The highest BCUT2D eigenvalue weighted by Gasteiger charge is 2.34. The Morgan fingerprint density at radius 1 is 1.06 bits per heavy atom. The lowest BCUT2D eigenvalue weighted by Crippen LogP contribution is -2.55. The zero-order valence-corrected chi connectivity index (χ0v) is 21.4. The number of carbonyl (C=O) groups excluding carboxylic acids is 3. The normalized spacial score (nSPS) is 15.8. The van der Waals surface area contributed by atoms with Crippen LogP contribution in [0.25, 0.3) is 0 Å². The number of likely N-dealkylation sites (tertiary alicyclic amines) is 1. The molecule has 2 atom stereocenters. The number of nitrogens with zero attached hydrogens (tertiary/aromatic N) is 1. The van der Waals surface area contributed by atoms with Crippen LogP contribution in [-0.2, 0) is 4.79 Å². The fourth-order valence-electron chi connectivity index (χ4n) is 4.04. The molecule has 0 bridgehead atoms. The van der Waals surface area contributed by atoms with Crippen molar-refractivity contribution >= 4 is 33.7 Å². The van der Waals surface area contributed by atoms with Crippen LogP contribution in [0.2, 0.25) is 0 Å². The Morgan fingerprint density at radius 3 is 2.32 bits per heavy atom. The quantitative estimate of drug-likeness (QED) is 0.540. The first-order chi connectivity index (χ1) is 16.3. The molecule has 3 amide bonds. The fraction of sp³-hybridized carbons (Fsp3) is 0.423. The van der Waals surface area contributed by atoms with Crippen molar-refractivity contribution in [3.05, 3.63) is 64.1 Å². The zero-order valence-electron chi connectivity index (χ0n) is 19.8. The summed E-state index contributed by atoms with van der Waals surface area (Å²) in [5, 5.41) is 5.96. The number of nitrogens with one attached hydrogen (secondary N) is 2. The number of piperidine rings is 1. The maximum absolute atomic E-state index is 13.1. The van der Waals surface area contributed by atoms with E-state index in [1.54, 1.807) is 37.4 Å². The molecular formula is C26H32BrN3O4. The van der Waals surface area contributed by atoms with Gasteiger partial charge in [0, 0.05) is 34.7 Å². The van der Waals surface area contributed by atoms with E-state index in [1.807, 2.05) is 36.9 Å². The zero-order chi connectivity index (χ0) is 24.7. The van der Waals surface area contributed by atoms with E-state index in [1.165, 1.54) is 0 Å². The average molecular weight is 530 g/mol. The highest BCUT2D eigenvalue weighted by molar-refractivity contribution is 9.10. The molecule has 0 aliphatic carbocycles. The number of ether oxygens (including phenoxy) is 1. The Labute approximate surface area is 209 Å². The van der Waals surface area contributed by atoms with Crippen molar-refractivity contribution < 1.29 is 19.1 Å². The van der Waals surface area contributed by atoms with Crippen LogP contribution < -0.4 is 15.4 Å². The number of amides is 3. The predicted octanol–water partition coefficient (Wildman–Crippen LogP) is 4.02. The minimum Gasteiger partial charge on any atom is -0.497 e. The summed E-state index contributed by atoms with van der Waals surface area (Å²) in [6.07, 6.45) is 2.05. The SMILES string of the molecule is CC[C@@H](C)NC(=O)[C@@H](NC(=O)c1ccc(OC)cc1)C1CCN(C(=O)c2cccc(Br)c2)CC1. The Bertz CT molecular complexity index is 1000. The second-order valence-electron chi connectivity index (χ2n) is 8.64. The van der Waals surface area contributed by atoms with Crippen LogP contribution in [-0.4, -0.2) is 54.9 Å². The fourth-order valence-corrected chi connectivity index (χ4v) is 4.44. The van der Waals surface area contributed by atoms with E-state index < -0.39 is 6.04 Å². The topological polar surface area (TPSA) is 87.7 Å². The molecule has 0 radical (unpaired) electrons. The molecule has 2 N–H and O–H groups in total. The second kappa shape index (κ2) is 12.0. The van der Waals surface area contributed by atoms with E-state index in [4.69, 9.17) is 4.74 Å². The van der Waals surface area contributed by atoms with Gasteiger partial charge in [0.2, 0.25) is 5.91 Å². The molecule has 1 aliphatic rings. The summed E-state index contributed by atoms with van der Waals surface area (Å²) < 4.78 is 6.01. The number of rotatable bonds is 8. The number of hydrogen-bond acceptors (Lipinski definition) is 4. The van der Waals surface area contributed by atoms with Crippen molar-refractivity contribution in [2.75, 3.05) is 20.2 Å². The average Bonchev–Trinajstić information content (AvgIpc) is 2.86. The van der Waals surface area contributed by atoms with Crippen molar-refractivity contribution in [2.45, 2.75) is 45.2 Å². The molecule has 2 aromatic rings. The third-order valence-corrected chi connectivity index (χ3v) is 6.79. The van der Waals surface area contributed by atoms with E-state index in [-0.39, 0.29) is 29.7 Å². The molecule has 0 aromatic heterocycles. The van der Waals surface area contributed by atoms with Gasteiger partial charge < -0.3 is 20.3 Å². The molecule has 1 saturated heterocycles. The van der Waals surface area contributed by atoms with Gasteiger partial charge in [-0.15, -0.1) is 0 Å². The Morgan fingerprint density at radius 2 is 1.74 bits per heavy atom. The van der Waals surface area contributed by atoms with Crippen LogP contribution in [0, 0.1) is 5.92 Å². The first-order valence-corrected chi connectivity index (χ1v) is 12.4. The Kier molecular flexibility index (Phi) is 9.10. The number of benzene rings is 2. The maximum Gasteiger partial charge on any atom is 0.253 e. The molecule has 7 nitrogen and oxygen atoms in total. The largest absolute Gasteiger partial charge is 0.497 e. The molecule has 3 rings (SSSR count). The van der Waals surface area contributed by atoms with Crippen LogP contribution in [0.15, 0.2) is 53.0 Å². The van der Waals surface area contributed by atoms with Crippen LogP contribution in [0.5, 0.6) is 5.75 Å². The number of halogens is 1. The molecular weight excluding hydrogens is 498 g/mol. The van der Waals surface area contributed by atoms with Crippen LogP contribution >= 0.6 is 15.9 Å². The van der Waals surface area contributed by atoms with Gasteiger partial charge in [-0.2, -0.15) is 0 Å². The first-order valence-electron chi connectivity index (χ1n) is 11.6. The third kappa shape index (κ3) is 6.59. The molecule has 1 heterocycles. The van der Waals surface area contributed by atoms with Gasteiger partial charge in [-0.25, -0.2) is 0 Å². The number of carbonyl (C=O) groups is 3. The van der Waals surface area contributed by atoms with Crippen LogP contribution in [0.4, 0.5) is 0 Å². The second-order valence-corrected chi connectivity index (χ2v) is 9.55. The van der Waals surface area contributed by atoms with Crippen molar-refractivity contribution in [2.24, 2.45) is 5.92 Å². The van der Waals surface area contributed by atoms with Gasteiger partial charge >= 0.3 is 0 Å². The lowest BCUT2D eigenvalue weighted by Gasteiger charge is -2.36. The van der Waals surface area contributed by atoms with E-state index in [0.717, 1.165) is 10.9 Å². The van der Waals surface area contributed by atoms with Gasteiger partial charge in [0.05, 0.1) is 7.11 Å². The molecule has 0 unspecified atom stereocenters. The van der Waals surface area contributed by atoms with E-state index in [0.29, 0.717) is 42.8 Å². The van der Waals surface area contributed by atoms with Gasteiger partial charge in [-0.05, 0) is 74.6 Å². The Hall–Kier alpha value is -2.87. The summed E-state index contributed by atoms with van der Waals surface area (Å²) in [5.41, 5.74) is 1.09. The predicted molar refractivity (Wildman–Crippen MR) is 135 cm³/mol. The van der Waals surface area contributed by atoms with Crippen molar-refractivity contribution in [1.82, 2.24) is 15.5 Å². The molecule has 34 heavy (non-hydrogen) atoms. The summed E-state index contributed by atoms with van der Waals surface area (Å²) >= 11 is 3.41. The lowest BCUT2D eigenvalue weighted by atomic mass is 9.88. The van der Waals surface area contributed by atoms with Gasteiger partial charge in [-0.1, -0.05) is 28.9 Å². The van der Waals surface area contributed by atoms with Gasteiger partial charge in [0.1, 0.15) is 11.8 Å². The molecule has 0 saturated carbocycles. The molecule has 182 valence electrons. The standard InChI is InChI=1S/C26H32BrN3O4/c1-4-17(2)28-25(32)23(29-24(31)19-8-10-22(34-3)11-9-19)18-12-14-30(15-13-18)26(33)20-6-5-7-21(27)16-20/h5-11,16-18,23H,4,12-15H2,1-3H3,(H,28,32)(H,29,31)/t17-,23+/m1/s1. The molecule has 0 spiro atoms. The summed E-state index contributed by atoms with van der Waals surface area (Å²) in [7, 11) is 1.57. The van der Waals surface area contributed by atoms with Crippen LogP contribution in [0.1, 0.15) is 53.8 Å². The van der Waals surface area contributed by atoms with Crippen molar-refractivity contribution in [1.29, 1.82) is 0 Å². The van der Waals surface area contributed by atoms with Gasteiger partial charge in [-0.3, -0.25) is 14.4 Å². The maximum atomic E-state index is 13.1. The molecule has 1 fully saturated rings. The molecule has 1 aliphatic heterocycles. The minimum atomic E-state index is -0.674. The Balaban J connectivity index is 1.70. The van der Waals surface area contributed by atoms with Crippen LogP contribution in [0.3, 0.4) is 0 Å². The summed E-state index contributed by atoms with van der Waals surface area (Å²) in [5.74, 6) is 0.0677. The molecule has 8 heteroatoms. The van der Waals surface area contributed by atoms with E-state index in [9.17, 15) is 14.4 Å². The van der Waals surface area contributed by atoms with E-state index in [2.05, 4.69) is 26.6 Å². The van der Waals surface area contributed by atoms with Crippen molar-refractivity contribution in [3.8, 4) is 5.75 Å². The third-order valence-electron chi connectivity index (χ3n) is 6.29. The number of hydrogen-bond donors (Lipinski definition) is 2. The monoisotopic (exact) mass is 529 g/mol. The summed E-state index contributed by atoms with van der Waals surface area (Å²) in [4.78, 5) is 40.8. The summed E-state index contributed by atoms with van der Waals surface area (Å²) in [6, 6.07) is 13.5. The number of methoxy groups -OCH3 is 1. The molecule has 2 aromatic carbocycles. The lowest BCUT2D eigenvalue weighted by molar-refractivity contribution is -0.125. The first kappa shape index (κ1) is 25.7. The highest BCUT2D eigenvalue weighted by Crippen LogP contribution is 2.24.